The summed E-state index contributed by atoms with van der Waals surface area (Å²) in [6.07, 6.45) is 1.54. The first-order valence-corrected chi connectivity index (χ1v) is 5.67. The predicted molar refractivity (Wildman–Crippen MR) is 68.6 cm³/mol. The summed E-state index contributed by atoms with van der Waals surface area (Å²) in [5.41, 5.74) is 7.05. The van der Waals surface area contributed by atoms with Crippen molar-refractivity contribution in [1.29, 1.82) is 0 Å². The van der Waals surface area contributed by atoms with E-state index < -0.39 is 0 Å². The second-order valence-electron chi connectivity index (χ2n) is 3.51. The van der Waals surface area contributed by atoms with Gasteiger partial charge in [-0.1, -0.05) is 6.07 Å². The van der Waals surface area contributed by atoms with Crippen LogP contribution >= 0.6 is 15.9 Å². The van der Waals surface area contributed by atoms with Crippen LogP contribution in [0.25, 0.3) is 0 Å². The largest absolute Gasteiger partial charge is 0.368 e. The molecule has 3 N–H and O–H groups in total. The molecule has 0 aliphatic carbocycles. The molecule has 0 saturated heterocycles. The lowest BCUT2D eigenvalue weighted by Crippen LogP contribution is -2.01. The molecule has 88 valence electrons. The van der Waals surface area contributed by atoms with E-state index in [0.29, 0.717) is 16.0 Å². The molecule has 1 aromatic carbocycles. The van der Waals surface area contributed by atoms with Gasteiger partial charge in [-0.25, -0.2) is 9.37 Å². The van der Waals surface area contributed by atoms with Gasteiger partial charge < -0.3 is 11.1 Å². The molecule has 1 heterocycles. The number of hydrogen-bond acceptors (Lipinski definition) is 4. The topological polar surface area (TPSA) is 63.8 Å². The zero-order valence-electron chi connectivity index (χ0n) is 9.04. The van der Waals surface area contributed by atoms with Gasteiger partial charge in [-0.05, 0) is 40.5 Å². The number of hydrogen-bond donors (Lipinski definition) is 2. The SMILES string of the molecule is Cc1ccc(F)cc1Nc1nc(N)ncc1Br. The molecule has 6 heteroatoms. The van der Waals surface area contributed by atoms with Crippen molar-refractivity contribution >= 4 is 33.4 Å². The number of aryl methyl sites for hydroxylation is 1. The number of aromatic nitrogens is 2. The van der Waals surface area contributed by atoms with Crippen LogP contribution in [0, 0.1) is 12.7 Å². The van der Waals surface area contributed by atoms with Crippen LogP contribution in [-0.2, 0) is 0 Å². The van der Waals surface area contributed by atoms with Gasteiger partial charge in [0.05, 0.1) is 4.47 Å². The Morgan fingerprint density at radius 1 is 1.41 bits per heavy atom. The maximum atomic E-state index is 13.1. The summed E-state index contributed by atoms with van der Waals surface area (Å²) in [5, 5.41) is 3.00. The van der Waals surface area contributed by atoms with Gasteiger partial charge >= 0.3 is 0 Å². The molecule has 0 spiro atoms. The first kappa shape index (κ1) is 11.8. The molecule has 0 bridgehead atoms. The molecule has 0 fully saturated rings. The Bertz CT molecular complexity index is 510. The molecular formula is C11H10BrFN4. The van der Waals surface area contributed by atoms with Crippen molar-refractivity contribution in [3.63, 3.8) is 0 Å². The minimum atomic E-state index is -0.309. The fourth-order valence-electron chi connectivity index (χ4n) is 1.32. The molecule has 0 saturated carbocycles. The van der Waals surface area contributed by atoms with Crippen molar-refractivity contribution in [2.75, 3.05) is 11.1 Å². The van der Waals surface area contributed by atoms with E-state index >= 15 is 0 Å². The molecule has 4 nitrogen and oxygen atoms in total. The lowest BCUT2D eigenvalue weighted by atomic mass is 10.2. The number of nitrogen functional groups attached to an aromatic ring is 1. The van der Waals surface area contributed by atoms with Crippen LogP contribution in [0.3, 0.4) is 0 Å². The highest BCUT2D eigenvalue weighted by molar-refractivity contribution is 9.10. The van der Waals surface area contributed by atoms with E-state index in [-0.39, 0.29) is 11.8 Å². The maximum absolute atomic E-state index is 13.1. The zero-order chi connectivity index (χ0) is 12.4. The summed E-state index contributed by atoms with van der Waals surface area (Å²) in [6, 6.07) is 4.50. The van der Waals surface area contributed by atoms with E-state index in [0.717, 1.165) is 5.56 Å². The van der Waals surface area contributed by atoms with Crippen molar-refractivity contribution in [1.82, 2.24) is 9.97 Å². The van der Waals surface area contributed by atoms with Crippen molar-refractivity contribution in [2.45, 2.75) is 6.92 Å². The minimum absolute atomic E-state index is 0.157. The average molecular weight is 297 g/mol. The Balaban J connectivity index is 2.37. The van der Waals surface area contributed by atoms with E-state index in [1.54, 1.807) is 12.3 Å². The fraction of sp³-hybridized carbons (Fsp3) is 0.0909. The van der Waals surface area contributed by atoms with Gasteiger partial charge in [0, 0.05) is 11.9 Å². The third-order valence-electron chi connectivity index (χ3n) is 2.22. The molecule has 0 aliphatic rings. The third-order valence-corrected chi connectivity index (χ3v) is 2.80. The Labute approximate surface area is 106 Å². The number of rotatable bonds is 2. The summed E-state index contributed by atoms with van der Waals surface area (Å²) in [7, 11) is 0. The standard InChI is InChI=1S/C11H10BrFN4/c1-6-2-3-7(13)4-9(6)16-10-8(12)5-15-11(14)17-10/h2-5H,1H3,(H3,14,15,16,17). The van der Waals surface area contributed by atoms with Crippen LogP contribution in [0.4, 0.5) is 21.8 Å². The predicted octanol–water partition coefficient (Wildman–Crippen LogP) is 3.01. The highest BCUT2D eigenvalue weighted by Gasteiger charge is 2.06. The molecule has 17 heavy (non-hydrogen) atoms. The van der Waals surface area contributed by atoms with Crippen LogP contribution < -0.4 is 11.1 Å². The zero-order valence-corrected chi connectivity index (χ0v) is 10.6. The summed E-state index contributed by atoms with van der Waals surface area (Å²) in [6.45, 7) is 1.88. The number of anilines is 3. The smallest absolute Gasteiger partial charge is 0.222 e. The van der Waals surface area contributed by atoms with Crippen molar-refractivity contribution in [2.24, 2.45) is 0 Å². The van der Waals surface area contributed by atoms with Gasteiger partial charge in [0.25, 0.3) is 0 Å². The van der Waals surface area contributed by atoms with E-state index in [1.165, 1.54) is 12.1 Å². The molecule has 0 amide bonds. The van der Waals surface area contributed by atoms with Gasteiger partial charge in [0.15, 0.2) is 0 Å². The van der Waals surface area contributed by atoms with Gasteiger partial charge in [0.1, 0.15) is 11.6 Å². The molecule has 0 radical (unpaired) electrons. The molecule has 0 aliphatic heterocycles. The van der Waals surface area contributed by atoms with Crippen LogP contribution in [-0.4, -0.2) is 9.97 Å². The lowest BCUT2D eigenvalue weighted by Gasteiger charge is -2.10. The highest BCUT2D eigenvalue weighted by Crippen LogP contribution is 2.25. The van der Waals surface area contributed by atoms with E-state index in [2.05, 4.69) is 31.2 Å². The Morgan fingerprint density at radius 3 is 2.94 bits per heavy atom. The molecular weight excluding hydrogens is 287 g/mol. The molecule has 0 unspecified atom stereocenters. The van der Waals surface area contributed by atoms with Crippen molar-refractivity contribution in [3.8, 4) is 0 Å². The summed E-state index contributed by atoms with van der Waals surface area (Å²) in [4.78, 5) is 7.85. The normalized spacial score (nSPS) is 10.3. The number of halogens is 2. The Kier molecular flexibility index (Phi) is 3.23. The Hall–Kier alpha value is -1.69. The number of nitrogens with zero attached hydrogens (tertiary/aromatic N) is 2. The van der Waals surface area contributed by atoms with Crippen LogP contribution in [0.5, 0.6) is 0 Å². The number of benzene rings is 1. The fourth-order valence-corrected chi connectivity index (χ4v) is 1.62. The number of nitrogens with two attached hydrogens (primary N) is 1. The summed E-state index contributed by atoms with van der Waals surface area (Å²) >= 11 is 3.29. The quantitative estimate of drug-likeness (QED) is 0.894. The van der Waals surface area contributed by atoms with Crippen molar-refractivity contribution in [3.05, 3.63) is 40.2 Å². The Morgan fingerprint density at radius 2 is 2.18 bits per heavy atom. The summed E-state index contributed by atoms with van der Waals surface area (Å²) in [5.74, 6) is 0.354. The molecule has 1 aromatic heterocycles. The highest BCUT2D eigenvalue weighted by atomic mass is 79.9. The van der Waals surface area contributed by atoms with Crippen LogP contribution in [0.1, 0.15) is 5.56 Å². The van der Waals surface area contributed by atoms with E-state index in [9.17, 15) is 4.39 Å². The van der Waals surface area contributed by atoms with Gasteiger partial charge in [0.2, 0.25) is 5.95 Å². The van der Waals surface area contributed by atoms with Crippen LogP contribution in [0.15, 0.2) is 28.9 Å². The lowest BCUT2D eigenvalue weighted by molar-refractivity contribution is 0.628. The van der Waals surface area contributed by atoms with E-state index in [1.807, 2.05) is 6.92 Å². The monoisotopic (exact) mass is 296 g/mol. The molecule has 0 atom stereocenters. The summed E-state index contributed by atoms with van der Waals surface area (Å²) < 4.78 is 13.8. The number of nitrogens with one attached hydrogen (secondary N) is 1. The first-order chi connectivity index (χ1) is 8.06. The maximum Gasteiger partial charge on any atom is 0.222 e. The molecule has 2 rings (SSSR count). The third kappa shape index (κ3) is 2.71. The van der Waals surface area contributed by atoms with Crippen LogP contribution in [0.2, 0.25) is 0 Å². The first-order valence-electron chi connectivity index (χ1n) is 4.87. The van der Waals surface area contributed by atoms with Gasteiger partial charge in [-0.3, -0.25) is 0 Å². The van der Waals surface area contributed by atoms with Gasteiger partial charge in [-0.15, -0.1) is 0 Å². The van der Waals surface area contributed by atoms with E-state index in [4.69, 9.17) is 5.73 Å². The molecule has 2 aromatic rings. The second kappa shape index (κ2) is 4.67. The van der Waals surface area contributed by atoms with Gasteiger partial charge in [-0.2, -0.15) is 4.98 Å². The minimum Gasteiger partial charge on any atom is -0.368 e. The average Bonchev–Trinajstić information content (AvgIpc) is 2.28. The van der Waals surface area contributed by atoms with Crippen molar-refractivity contribution < 1.29 is 4.39 Å². The second-order valence-corrected chi connectivity index (χ2v) is 4.36.